The molecule has 1 aliphatic heterocycles. The average Bonchev–Trinajstić information content (AvgIpc) is 2.92. The second-order valence-corrected chi connectivity index (χ2v) is 8.75. The maximum Gasteiger partial charge on any atom is 0.248 e. The summed E-state index contributed by atoms with van der Waals surface area (Å²) in [7, 11) is 1.98. The van der Waals surface area contributed by atoms with Crippen LogP contribution >= 0.6 is 0 Å². The van der Waals surface area contributed by atoms with Gasteiger partial charge in [0.2, 0.25) is 11.9 Å². The van der Waals surface area contributed by atoms with Crippen molar-refractivity contribution in [3.8, 4) is 5.69 Å². The number of halogens is 2. The Balaban J connectivity index is 1.48. The van der Waals surface area contributed by atoms with Crippen molar-refractivity contribution in [3.63, 3.8) is 0 Å². The molecule has 38 heavy (non-hydrogen) atoms. The van der Waals surface area contributed by atoms with E-state index in [0.717, 1.165) is 19.2 Å². The fraction of sp³-hybridized carbons (Fsp3) is 0.192. The average molecular weight is 519 g/mol. The van der Waals surface area contributed by atoms with E-state index in [2.05, 4.69) is 37.1 Å². The number of nitrogens with one attached hydrogen (secondary N) is 2. The summed E-state index contributed by atoms with van der Waals surface area (Å²) in [6.07, 6.45) is 5.44. The number of hydrogen-bond acceptors (Lipinski definition) is 8. The predicted molar refractivity (Wildman–Crippen MR) is 141 cm³/mol. The topological polar surface area (TPSA) is 108 Å². The zero-order valence-electron chi connectivity index (χ0n) is 20.5. The van der Waals surface area contributed by atoms with Crippen molar-refractivity contribution in [1.82, 2.24) is 24.4 Å². The van der Waals surface area contributed by atoms with Crippen LogP contribution in [0.2, 0.25) is 0 Å². The van der Waals surface area contributed by atoms with Crippen molar-refractivity contribution in [3.05, 3.63) is 83.4 Å². The Hall–Kier alpha value is -4.71. The van der Waals surface area contributed by atoms with E-state index >= 15 is 4.39 Å². The second kappa shape index (κ2) is 10.3. The summed E-state index contributed by atoms with van der Waals surface area (Å²) in [5.74, 6) is -2.20. The second-order valence-electron chi connectivity index (χ2n) is 8.75. The fourth-order valence-corrected chi connectivity index (χ4v) is 4.16. The SMILES string of the molecule is C=CC(=O)Nc1cc(-n2ccc(=O)c3cnc(Nc4ccc(N5CCN(C)CC5)c(F)c4F)nc32)ccn1. The van der Waals surface area contributed by atoms with Crippen molar-refractivity contribution >= 4 is 40.1 Å². The summed E-state index contributed by atoms with van der Waals surface area (Å²) in [5, 5.41) is 5.51. The predicted octanol–water partition coefficient (Wildman–Crippen LogP) is 3.07. The van der Waals surface area contributed by atoms with Crippen LogP contribution in [0.25, 0.3) is 16.7 Å². The van der Waals surface area contributed by atoms with Crippen LogP contribution in [0.15, 0.2) is 66.4 Å². The van der Waals surface area contributed by atoms with Crippen LogP contribution < -0.4 is 21.0 Å². The van der Waals surface area contributed by atoms with E-state index in [1.807, 2.05) is 11.9 Å². The lowest BCUT2D eigenvalue weighted by atomic mass is 10.2. The molecule has 2 N–H and O–H groups in total. The number of anilines is 4. The van der Waals surface area contributed by atoms with Gasteiger partial charge in [-0.05, 0) is 31.3 Å². The van der Waals surface area contributed by atoms with Crippen LogP contribution in [0, 0.1) is 11.6 Å². The van der Waals surface area contributed by atoms with Gasteiger partial charge < -0.3 is 25.0 Å². The first-order valence-electron chi connectivity index (χ1n) is 11.8. The van der Waals surface area contributed by atoms with Crippen LogP contribution in [-0.2, 0) is 4.79 Å². The molecule has 4 heterocycles. The lowest BCUT2D eigenvalue weighted by Gasteiger charge is -2.34. The Morgan fingerprint density at radius 1 is 1.08 bits per heavy atom. The molecule has 194 valence electrons. The number of fused-ring (bicyclic) bond motifs is 1. The quantitative estimate of drug-likeness (QED) is 0.375. The van der Waals surface area contributed by atoms with Crippen LogP contribution in [-0.4, -0.2) is 63.6 Å². The van der Waals surface area contributed by atoms with Gasteiger partial charge in [-0.25, -0.2) is 18.7 Å². The zero-order chi connectivity index (χ0) is 26.8. The Kier molecular flexibility index (Phi) is 6.79. The maximum absolute atomic E-state index is 15.0. The van der Waals surface area contributed by atoms with Gasteiger partial charge in [0.25, 0.3) is 0 Å². The molecule has 5 rings (SSSR count). The Morgan fingerprint density at radius 2 is 1.87 bits per heavy atom. The summed E-state index contributed by atoms with van der Waals surface area (Å²) in [4.78, 5) is 40.7. The lowest BCUT2D eigenvalue weighted by molar-refractivity contribution is -0.111. The molecular formula is C26H24F2N8O2. The molecule has 1 aliphatic rings. The molecule has 0 aliphatic carbocycles. The standard InChI is InChI=1S/C26H24F2N8O2/c1-3-22(38)32-21-14-16(6-8-29-21)36-9-7-20(37)17-15-30-26(33-25(17)36)31-18-4-5-19(24(28)23(18)27)35-12-10-34(2)11-13-35/h3-9,14-15H,1,10-13H2,2H3,(H,29,32,38)(H,30,31,33). The van der Waals surface area contributed by atoms with Crippen LogP contribution in [0.3, 0.4) is 0 Å². The fourth-order valence-electron chi connectivity index (χ4n) is 4.16. The lowest BCUT2D eigenvalue weighted by Crippen LogP contribution is -2.44. The number of carbonyl (C=O) groups is 1. The minimum absolute atomic E-state index is 0.0308. The van der Waals surface area contributed by atoms with Gasteiger partial charge >= 0.3 is 0 Å². The van der Waals surface area contributed by atoms with E-state index in [1.165, 1.54) is 36.8 Å². The molecule has 10 nitrogen and oxygen atoms in total. The number of amides is 1. The van der Waals surface area contributed by atoms with Gasteiger partial charge in [0.1, 0.15) is 5.82 Å². The smallest absolute Gasteiger partial charge is 0.248 e. The van der Waals surface area contributed by atoms with Crippen LogP contribution in [0.4, 0.5) is 31.9 Å². The van der Waals surface area contributed by atoms with E-state index in [-0.39, 0.29) is 39.6 Å². The van der Waals surface area contributed by atoms with E-state index in [0.29, 0.717) is 18.8 Å². The summed E-state index contributed by atoms with van der Waals surface area (Å²) < 4.78 is 31.6. The molecule has 0 saturated carbocycles. The van der Waals surface area contributed by atoms with Gasteiger partial charge in [0.15, 0.2) is 22.7 Å². The van der Waals surface area contributed by atoms with Crippen LogP contribution in [0.1, 0.15) is 0 Å². The Labute approximate surface area is 216 Å². The summed E-state index contributed by atoms with van der Waals surface area (Å²) >= 11 is 0. The number of carbonyl (C=O) groups excluding carboxylic acids is 1. The largest absolute Gasteiger partial charge is 0.367 e. The summed E-state index contributed by atoms with van der Waals surface area (Å²) in [6.45, 7) is 6.12. The number of aromatic nitrogens is 4. The van der Waals surface area contributed by atoms with Crippen molar-refractivity contribution < 1.29 is 13.6 Å². The van der Waals surface area contributed by atoms with Crippen molar-refractivity contribution in [1.29, 1.82) is 0 Å². The summed E-state index contributed by atoms with van der Waals surface area (Å²) in [5.41, 5.74) is 0.514. The highest BCUT2D eigenvalue weighted by Gasteiger charge is 2.22. The molecule has 1 aromatic carbocycles. The van der Waals surface area contributed by atoms with Gasteiger partial charge in [0.05, 0.1) is 22.4 Å². The normalized spacial score (nSPS) is 13.9. The van der Waals surface area contributed by atoms with Gasteiger partial charge in [-0.1, -0.05) is 6.58 Å². The van der Waals surface area contributed by atoms with Gasteiger partial charge in [-0.15, -0.1) is 0 Å². The molecule has 0 spiro atoms. The first kappa shape index (κ1) is 25.0. The number of piperazine rings is 1. The molecule has 0 bridgehead atoms. The van der Waals surface area contributed by atoms with Crippen molar-refractivity contribution in [2.45, 2.75) is 0 Å². The maximum atomic E-state index is 15.0. The monoisotopic (exact) mass is 518 g/mol. The summed E-state index contributed by atoms with van der Waals surface area (Å²) in [6, 6.07) is 7.57. The van der Waals surface area contributed by atoms with E-state index in [4.69, 9.17) is 0 Å². The molecule has 1 saturated heterocycles. The molecule has 1 amide bonds. The molecule has 0 radical (unpaired) electrons. The first-order chi connectivity index (χ1) is 18.3. The molecule has 3 aromatic heterocycles. The van der Waals surface area contributed by atoms with Crippen molar-refractivity contribution in [2.75, 3.05) is 48.8 Å². The Bertz CT molecular complexity index is 1600. The molecule has 0 atom stereocenters. The molecule has 12 heteroatoms. The highest BCUT2D eigenvalue weighted by molar-refractivity contribution is 5.98. The number of hydrogen-bond donors (Lipinski definition) is 2. The Morgan fingerprint density at radius 3 is 2.63 bits per heavy atom. The van der Waals surface area contributed by atoms with E-state index < -0.39 is 17.5 Å². The minimum atomic E-state index is -1.05. The van der Waals surface area contributed by atoms with Gasteiger partial charge in [0, 0.05) is 56.9 Å². The first-order valence-corrected chi connectivity index (χ1v) is 11.8. The molecule has 1 fully saturated rings. The highest BCUT2D eigenvalue weighted by atomic mass is 19.2. The van der Waals surface area contributed by atoms with Gasteiger partial charge in [-0.2, -0.15) is 4.98 Å². The van der Waals surface area contributed by atoms with E-state index in [1.54, 1.807) is 16.7 Å². The van der Waals surface area contributed by atoms with Crippen LogP contribution in [0.5, 0.6) is 0 Å². The van der Waals surface area contributed by atoms with Crippen molar-refractivity contribution in [2.24, 2.45) is 0 Å². The minimum Gasteiger partial charge on any atom is -0.367 e. The zero-order valence-corrected chi connectivity index (χ0v) is 20.5. The third-order valence-electron chi connectivity index (χ3n) is 6.25. The number of nitrogens with zero attached hydrogens (tertiary/aromatic N) is 6. The highest BCUT2D eigenvalue weighted by Crippen LogP contribution is 2.29. The van der Waals surface area contributed by atoms with E-state index in [9.17, 15) is 14.0 Å². The number of likely N-dealkylation sites (N-methyl/N-ethyl adjacent to an activating group) is 1. The third kappa shape index (κ3) is 4.93. The third-order valence-corrected chi connectivity index (χ3v) is 6.25. The number of benzene rings is 1. The molecular weight excluding hydrogens is 494 g/mol. The number of pyridine rings is 2. The molecule has 0 unspecified atom stereocenters. The number of rotatable bonds is 6. The molecule has 4 aromatic rings. The van der Waals surface area contributed by atoms with Gasteiger partial charge in [-0.3, -0.25) is 9.59 Å².